The van der Waals surface area contributed by atoms with Crippen LogP contribution in [-0.2, 0) is 5.41 Å². The first-order valence-electron chi connectivity index (χ1n) is 5.84. The van der Waals surface area contributed by atoms with Crippen molar-refractivity contribution in [2.75, 3.05) is 0 Å². The normalized spacial score (nSPS) is 11.8. The summed E-state index contributed by atoms with van der Waals surface area (Å²) in [5, 5.41) is 1.21. The Morgan fingerprint density at radius 2 is 1.69 bits per heavy atom. The van der Waals surface area contributed by atoms with Gasteiger partial charge in [0.25, 0.3) is 0 Å². The quantitative estimate of drug-likeness (QED) is 0.598. The Hall–Kier alpha value is -0.200. The van der Waals surface area contributed by atoms with Crippen LogP contribution in [0.1, 0.15) is 52.0 Å². The summed E-state index contributed by atoms with van der Waals surface area (Å²) >= 11 is 12.0. The molecule has 1 radical (unpaired) electrons. The van der Waals surface area contributed by atoms with Crippen LogP contribution in [0.4, 0.5) is 0 Å². The number of unbranched alkanes of at least 4 members (excludes halogenated alkanes) is 2. The molecular formula is C14H19Cl2. The summed E-state index contributed by atoms with van der Waals surface area (Å²) in [6, 6.07) is 6.82. The lowest BCUT2D eigenvalue weighted by Gasteiger charge is -2.25. The fraction of sp³-hybridized carbons (Fsp3) is 0.571. The van der Waals surface area contributed by atoms with E-state index in [0.29, 0.717) is 10.0 Å². The maximum Gasteiger partial charge on any atom is 0.0503 e. The van der Waals surface area contributed by atoms with E-state index >= 15 is 0 Å². The van der Waals surface area contributed by atoms with Gasteiger partial charge in [-0.05, 0) is 29.5 Å². The maximum atomic E-state index is 5.98. The third kappa shape index (κ3) is 3.99. The summed E-state index contributed by atoms with van der Waals surface area (Å²) in [5.41, 5.74) is 1.34. The molecule has 0 fully saturated rings. The van der Waals surface area contributed by atoms with Gasteiger partial charge >= 0.3 is 0 Å². The highest BCUT2D eigenvalue weighted by atomic mass is 35.5. The van der Waals surface area contributed by atoms with E-state index in [1.165, 1.54) is 24.8 Å². The number of halogens is 2. The van der Waals surface area contributed by atoms with Gasteiger partial charge in [0.15, 0.2) is 0 Å². The van der Waals surface area contributed by atoms with Crippen LogP contribution < -0.4 is 0 Å². The Labute approximate surface area is 109 Å². The Morgan fingerprint density at radius 3 is 2.19 bits per heavy atom. The molecule has 2 heteroatoms. The molecule has 0 aliphatic rings. The van der Waals surface area contributed by atoms with Crippen molar-refractivity contribution in [3.8, 4) is 0 Å². The third-order valence-corrected chi connectivity index (χ3v) is 3.40. The molecule has 0 nitrogen and oxygen atoms in total. The molecule has 0 atom stereocenters. The van der Waals surface area contributed by atoms with Crippen molar-refractivity contribution < 1.29 is 0 Å². The second-order valence-corrected chi connectivity index (χ2v) is 5.72. The second-order valence-electron chi connectivity index (χ2n) is 4.91. The van der Waals surface area contributed by atoms with E-state index < -0.39 is 0 Å². The molecule has 0 saturated heterocycles. The molecule has 0 saturated carbocycles. The fourth-order valence-electron chi connectivity index (χ4n) is 1.85. The van der Waals surface area contributed by atoms with Gasteiger partial charge in [-0.1, -0.05) is 63.2 Å². The molecule has 1 aromatic rings. The zero-order valence-electron chi connectivity index (χ0n) is 10.2. The van der Waals surface area contributed by atoms with Crippen LogP contribution in [0.3, 0.4) is 0 Å². The smallest absolute Gasteiger partial charge is 0.0503 e. The Bertz CT molecular complexity index is 322. The molecule has 1 aromatic carbocycles. The van der Waals surface area contributed by atoms with E-state index in [1.54, 1.807) is 0 Å². The summed E-state index contributed by atoms with van der Waals surface area (Å²) in [7, 11) is 0. The third-order valence-electron chi connectivity index (χ3n) is 2.99. The van der Waals surface area contributed by atoms with Crippen LogP contribution in [0.2, 0.25) is 10.0 Å². The van der Waals surface area contributed by atoms with Gasteiger partial charge in [-0.3, -0.25) is 0 Å². The highest BCUT2D eigenvalue weighted by molar-refractivity contribution is 6.34. The average molecular weight is 258 g/mol. The van der Waals surface area contributed by atoms with Crippen LogP contribution in [0.25, 0.3) is 0 Å². The van der Waals surface area contributed by atoms with Gasteiger partial charge in [0.05, 0.1) is 10.0 Å². The SMILES string of the molecule is CCCCCC(C)(C)c1cc(Cl)[c]c(Cl)c1. The van der Waals surface area contributed by atoms with Gasteiger partial charge in [-0.25, -0.2) is 0 Å². The Kier molecular flexibility index (Phi) is 5.14. The molecule has 0 N–H and O–H groups in total. The zero-order valence-corrected chi connectivity index (χ0v) is 11.8. The topological polar surface area (TPSA) is 0 Å². The molecule has 0 amide bonds. The number of benzene rings is 1. The van der Waals surface area contributed by atoms with Gasteiger partial charge in [-0.2, -0.15) is 0 Å². The summed E-state index contributed by atoms with van der Waals surface area (Å²) in [4.78, 5) is 0. The molecule has 0 aliphatic carbocycles. The lowest BCUT2D eigenvalue weighted by atomic mass is 9.80. The van der Waals surface area contributed by atoms with Crippen molar-refractivity contribution in [1.82, 2.24) is 0 Å². The monoisotopic (exact) mass is 257 g/mol. The highest BCUT2D eigenvalue weighted by Gasteiger charge is 2.20. The van der Waals surface area contributed by atoms with Gasteiger partial charge in [0.2, 0.25) is 0 Å². The van der Waals surface area contributed by atoms with Gasteiger partial charge in [-0.15, -0.1) is 0 Å². The molecule has 0 bridgehead atoms. The number of rotatable bonds is 5. The van der Waals surface area contributed by atoms with Crippen LogP contribution in [0, 0.1) is 6.07 Å². The molecule has 0 aliphatic heterocycles. The van der Waals surface area contributed by atoms with Gasteiger partial charge < -0.3 is 0 Å². The molecule has 89 valence electrons. The summed E-state index contributed by atoms with van der Waals surface area (Å²) < 4.78 is 0. The highest BCUT2D eigenvalue weighted by Crippen LogP contribution is 2.32. The second kappa shape index (κ2) is 5.93. The van der Waals surface area contributed by atoms with Crippen molar-refractivity contribution in [3.05, 3.63) is 33.8 Å². The van der Waals surface area contributed by atoms with E-state index in [9.17, 15) is 0 Å². The van der Waals surface area contributed by atoms with Crippen LogP contribution in [-0.4, -0.2) is 0 Å². The Morgan fingerprint density at radius 1 is 1.12 bits per heavy atom. The standard InChI is InChI=1S/C14H19Cl2/c1-4-5-6-7-14(2,3)11-8-12(15)10-13(16)9-11/h8-9H,4-7H2,1-3H3. The molecule has 1 rings (SSSR count). The van der Waals surface area contributed by atoms with Crippen molar-refractivity contribution >= 4 is 23.2 Å². The molecule has 0 heterocycles. The van der Waals surface area contributed by atoms with E-state index in [2.05, 4.69) is 26.8 Å². The first-order chi connectivity index (χ1) is 7.45. The summed E-state index contributed by atoms with van der Waals surface area (Å²) in [5.74, 6) is 0. The van der Waals surface area contributed by atoms with Crippen molar-refractivity contribution in [2.24, 2.45) is 0 Å². The number of hydrogen-bond acceptors (Lipinski definition) is 0. The van der Waals surface area contributed by atoms with E-state index in [0.717, 1.165) is 6.42 Å². The predicted octanol–water partition coefficient (Wildman–Crippen LogP) is 5.65. The average Bonchev–Trinajstić information content (AvgIpc) is 2.16. The molecule has 0 aromatic heterocycles. The Balaban J connectivity index is 2.80. The summed E-state index contributed by atoms with van der Waals surface area (Å²) in [6.45, 7) is 6.70. The molecular weight excluding hydrogens is 239 g/mol. The zero-order chi connectivity index (χ0) is 12.2. The van der Waals surface area contributed by atoms with Crippen LogP contribution >= 0.6 is 23.2 Å². The van der Waals surface area contributed by atoms with E-state index in [1.807, 2.05) is 12.1 Å². The van der Waals surface area contributed by atoms with Crippen molar-refractivity contribution in [2.45, 2.75) is 51.9 Å². The fourth-order valence-corrected chi connectivity index (χ4v) is 2.34. The van der Waals surface area contributed by atoms with Crippen molar-refractivity contribution in [1.29, 1.82) is 0 Å². The van der Waals surface area contributed by atoms with Gasteiger partial charge in [0.1, 0.15) is 0 Å². The van der Waals surface area contributed by atoms with Crippen molar-refractivity contribution in [3.63, 3.8) is 0 Å². The van der Waals surface area contributed by atoms with Crippen LogP contribution in [0.5, 0.6) is 0 Å². The lowest BCUT2D eigenvalue weighted by Crippen LogP contribution is -2.17. The summed E-state index contributed by atoms with van der Waals surface area (Å²) in [6.07, 6.45) is 4.94. The van der Waals surface area contributed by atoms with E-state index in [-0.39, 0.29) is 5.41 Å². The largest absolute Gasteiger partial charge is 0.0836 e. The maximum absolute atomic E-state index is 5.98. The van der Waals surface area contributed by atoms with Crippen LogP contribution in [0.15, 0.2) is 12.1 Å². The van der Waals surface area contributed by atoms with Gasteiger partial charge in [0, 0.05) is 6.07 Å². The first-order valence-corrected chi connectivity index (χ1v) is 6.60. The molecule has 16 heavy (non-hydrogen) atoms. The lowest BCUT2D eigenvalue weighted by molar-refractivity contribution is 0.450. The predicted molar refractivity (Wildman–Crippen MR) is 72.5 cm³/mol. The minimum atomic E-state index is 0.136. The minimum Gasteiger partial charge on any atom is -0.0836 e. The molecule has 0 spiro atoms. The van der Waals surface area contributed by atoms with E-state index in [4.69, 9.17) is 23.2 Å². The first kappa shape index (κ1) is 13.9. The minimum absolute atomic E-state index is 0.136. The molecule has 0 unspecified atom stereocenters. The number of hydrogen-bond donors (Lipinski definition) is 0.